The lowest BCUT2D eigenvalue weighted by Crippen LogP contribution is -2.55. The van der Waals surface area contributed by atoms with Crippen molar-refractivity contribution in [2.24, 2.45) is 0 Å². The summed E-state index contributed by atoms with van der Waals surface area (Å²) in [5, 5.41) is 11.8. The fraction of sp³-hybridized carbons (Fsp3) is 0.257. The van der Waals surface area contributed by atoms with Crippen LogP contribution in [0.2, 0.25) is 0 Å². The van der Waals surface area contributed by atoms with Crippen molar-refractivity contribution in [2.75, 3.05) is 32.5 Å². The maximum Gasteiger partial charge on any atom is 0.254 e. The molecule has 1 aliphatic rings. The van der Waals surface area contributed by atoms with Crippen LogP contribution in [-0.2, 0) is 4.79 Å². The zero-order chi connectivity index (χ0) is 30.5. The van der Waals surface area contributed by atoms with Gasteiger partial charge in [-0.2, -0.15) is 0 Å². The summed E-state index contributed by atoms with van der Waals surface area (Å²) in [6.45, 7) is 3.61. The Kier molecular flexibility index (Phi) is 8.93. The van der Waals surface area contributed by atoms with Gasteiger partial charge in [0, 0.05) is 49.0 Å². The van der Waals surface area contributed by atoms with Crippen LogP contribution < -0.4 is 4.74 Å². The maximum absolute atomic E-state index is 13.5. The van der Waals surface area contributed by atoms with Crippen molar-refractivity contribution in [1.82, 2.24) is 24.6 Å². The van der Waals surface area contributed by atoms with E-state index in [1.807, 2.05) is 118 Å². The minimum Gasteiger partial charge on any atom is -0.495 e. The van der Waals surface area contributed by atoms with E-state index in [0.29, 0.717) is 43.8 Å². The maximum atomic E-state index is 13.5. The summed E-state index contributed by atoms with van der Waals surface area (Å²) in [6, 6.07) is 31.5. The van der Waals surface area contributed by atoms with Gasteiger partial charge in [0.2, 0.25) is 5.91 Å². The zero-order valence-corrected chi connectivity index (χ0v) is 25.7. The van der Waals surface area contributed by atoms with Gasteiger partial charge in [-0.1, -0.05) is 90.6 Å². The largest absolute Gasteiger partial charge is 0.495 e. The third-order valence-corrected chi connectivity index (χ3v) is 9.03. The van der Waals surface area contributed by atoms with Crippen molar-refractivity contribution in [3.8, 4) is 22.8 Å². The smallest absolute Gasteiger partial charge is 0.254 e. The molecule has 1 atom stereocenters. The third-order valence-electron chi connectivity index (χ3n) is 8.02. The molecule has 224 valence electrons. The molecule has 0 saturated carbocycles. The van der Waals surface area contributed by atoms with Crippen LogP contribution in [0.3, 0.4) is 0 Å². The van der Waals surface area contributed by atoms with Crippen LogP contribution in [0.5, 0.6) is 5.75 Å². The highest BCUT2D eigenvalue weighted by Gasteiger charge is 2.30. The number of ether oxygens (including phenoxy) is 1. The van der Waals surface area contributed by atoms with E-state index in [2.05, 4.69) is 10.2 Å². The number of thioether (sulfide) groups is 1. The number of fused-ring (bicyclic) bond motifs is 1. The molecular weight excluding hydrogens is 570 g/mol. The summed E-state index contributed by atoms with van der Waals surface area (Å²) in [5.41, 5.74) is 2.53. The fourth-order valence-electron chi connectivity index (χ4n) is 5.77. The van der Waals surface area contributed by atoms with Crippen LogP contribution in [0.15, 0.2) is 102 Å². The molecule has 0 aliphatic carbocycles. The lowest BCUT2D eigenvalue weighted by atomic mass is 10.0. The zero-order valence-electron chi connectivity index (χ0n) is 24.9. The van der Waals surface area contributed by atoms with Gasteiger partial charge in [-0.05, 0) is 42.3 Å². The molecule has 1 aromatic heterocycles. The van der Waals surface area contributed by atoms with Crippen LogP contribution in [0.1, 0.15) is 30.1 Å². The van der Waals surface area contributed by atoms with Gasteiger partial charge in [0.15, 0.2) is 11.0 Å². The highest BCUT2D eigenvalue weighted by Crippen LogP contribution is 2.33. The molecule has 1 aliphatic heterocycles. The highest BCUT2D eigenvalue weighted by molar-refractivity contribution is 7.99. The lowest BCUT2D eigenvalue weighted by molar-refractivity contribution is -0.133. The standard InChI is InChI=1S/C35H35N5O3S/c1-25-24-38(21-22-39(25)34(42)29-17-10-15-26-12-6-7-16-28(26)29)32(41)20-11-23-44-35-37-36-33(27-13-4-3-5-14-27)40(35)30-18-8-9-19-31(30)43-2/h3-10,12-19,25H,11,20-24H2,1-2H3. The van der Waals surface area contributed by atoms with Crippen molar-refractivity contribution >= 4 is 34.3 Å². The molecule has 6 rings (SSSR count). The molecule has 2 heterocycles. The number of benzene rings is 4. The first-order valence-corrected chi connectivity index (χ1v) is 15.9. The highest BCUT2D eigenvalue weighted by atomic mass is 32.2. The number of carbonyl (C=O) groups excluding carboxylic acids is 2. The number of aromatic nitrogens is 3. The molecule has 9 heteroatoms. The summed E-state index contributed by atoms with van der Waals surface area (Å²) in [6.07, 6.45) is 1.14. The number of rotatable bonds is 9. The number of nitrogens with zero attached hydrogens (tertiary/aromatic N) is 5. The van der Waals surface area contributed by atoms with Crippen LogP contribution in [0.4, 0.5) is 0 Å². The van der Waals surface area contributed by atoms with Gasteiger partial charge in [-0.25, -0.2) is 0 Å². The van der Waals surface area contributed by atoms with E-state index in [0.717, 1.165) is 38.8 Å². The van der Waals surface area contributed by atoms with Gasteiger partial charge in [0.1, 0.15) is 5.75 Å². The number of hydrogen-bond donors (Lipinski definition) is 0. The van der Waals surface area contributed by atoms with E-state index in [-0.39, 0.29) is 17.9 Å². The second-order valence-corrected chi connectivity index (χ2v) is 11.9. The minimum atomic E-state index is -0.0654. The molecule has 0 spiro atoms. The first-order chi connectivity index (χ1) is 21.5. The molecule has 44 heavy (non-hydrogen) atoms. The quantitative estimate of drug-likeness (QED) is 0.144. The van der Waals surface area contributed by atoms with E-state index < -0.39 is 0 Å². The number of carbonyl (C=O) groups is 2. The van der Waals surface area contributed by atoms with Crippen molar-refractivity contribution in [2.45, 2.75) is 31.0 Å². The Morgan fingerprint density at radius 1 is 0.886 bits per heavy atom. The fourth-order valence-corrected chi connectivity index (χ4v) is 6.65. The Morgan fingerprint density at radius 2 is 1.64 bits per heavy atom. The Balaban J connectivity index is 1.07. The minimum absolute atomic E-state index is 0.0202. The van der Waals surface area contributed by atoms with E-state index in [9.17, 15) is 9.59 Å². The van der Waals surface area contributed by atoms with E-state index in [1.165, 1.54) is 0 Å². The number of piperazine rings is 1. The Morgan fingerprint density at radius 3 is 2.45 bits per heavy atom. The van der Waals surface area contributed by atoms with Gasteiger partial charge < -0.3 is 14.5 Å². The summed E-state index contributed by atoms with van der Waals surface area (Å²) in [4.78, 5) is 30.5. The predicted molar refractivity (Wildman–Crippen MR) is 174 cm³/mol. The van der Waals surface area contributed by atoms with Crippen molar-refractivity contribution in [1.29, 1.82) is 0 Å². The molecule has 0 radical (unpaired) electrons. The Bertz CT molecular complexity index is 1770. The topological polar surface area (TPSA) is 80.6 Å². The first-order valence-electron chi connectivity index (χ1n) is 14.9. The molecule has 1 saturated heterocycles. The SMILES string of the molecule is COc1ccccc1-n1c(SCCCC(=O)N2CCN(C(=O)c3cccc4ccccc34)C(C)C2)nnc1-c1ccccc1. The molecule has 2 amide bonds. The Labute approximate surface area is 261 Å². The van der Waals surface area contributed by atoms with E-state index in [4.69, 9.17) is 4.74 Å². The second kappa shape index (κ2) is 13.3. The number of hydrogen-bond acceptors (Lipinski definition) is 6. The third kappa shape index (κ3) is 6.05. The molecule has 5 aromatic rings. The van der Waals surface area contributed by atoms with Crippen LogP contribution >= 0.6 is 11.8 Å². The molecule has 8 nitrogen and oxygen atoms in total. The molecule has 1 fully saturated rings. The molecule has 0 bridgehead atoms. The monoisotopic (exact) mass is 605 g/mol. The lowest BCUT2D eigenvalue weighted by Gasteiger charge is -2.40. The number of para-hydroxylation sites is 2. The number of amides is 2. The van der Waals surface area contributed by atoms with Crippen molar-refractivity contribution < 1.29 is 14.3 Å². The van der Waals surface area contributed by atoms with Crippen LogP contribution in [0.25, 0.3) is 27.8 Å². The van der Waals surface area contributed by atoms with Gasteiger partial charge in [0.05, 0.1) is 12.8 Å². The van der Waals surface area contributed by atoms with E-state index >= 15 is 0 Å². The predicted octanol–water partition coefficient (Wildman–Crippen LogP) is 6.34. The summed E-state index contributed by atoms with van der Waals surface area (Å²) in [7, 11) is 1.66. The normalized spacial score (nSPS) is 15.0. The van der Waals surface area contributed by atoms with E-state index in [1.54, 1.807) is 18.9 Å². The summed E-state index contributed by atoms with van der Waals surface area (Å²) in [5.74, 6) is 2.31. The average molecular weight is 606 g/mol. The van der Waals surface area contributed by atoms with Gasteiger partial charge in [-0.3, -0.25) is 14.2 Å². The van der Waals surface area contributed by atoms with Gasteiger partial charge in [0.25, 0.3) is 5.91 Å². The summed E-state index contributed by atoms with van der Waals surface area (Å²) >= 11 is 1.58. The molecular formula is C35H35N5O3S. The number of methoxy groups -OCH3 is 1. The van der Waals surface area contributed by atoms with Crippen LogP contribution in [0, 0.1) is 0 Å². The Hall–Kier alpha value is -4.63. The molecule has 0 N–H and O–H groups in total. The molecule has 4 aromatic carbocycles. The second-order valence-electron chi connectivity index (χ2n) is 10.8. The van der Waals surface area contributed by atoms with Crippen molar-refractivity contribution in [3.05, 3.63) is 103 Å². The molecule has 1 unspecified atom stereocenters. The first kappa shape index (κ1) is 29.4. The van der Waals surface area contributed by atoms with Gasteiger partial charge >= 0.3 is 0 Å². The van der Waals surface area contributed by atoms with Crippen molar-refractivity contribution in [3.63, 3.8) is 0 Å². The summed E-state index contributed by atoms with van der Waals surface area (Å²) < 4.78 is 7.68. The van der Waals surface area contributed by atoms with Gasteiger partial charge in [-0.15, -0.1) is 10.2 Å². The van der Waals surface area contributed by atoms with Crippen LogP contribution in [-0.4, -0.2) is 74.9 Å². The average Bonchev–Trinajstić information content (AvgIpc) is 3.50.